The van der Waals surface area contributed by atoms with E-state index in [9.17, 15) is 9.59 Å². The van der Waals surface area contributed by atoms with Crippen molar-refractivity contribution in [2.45, 2.75) is 27.3 Å². The minimum absolute atomic E-state index is 0.0439. The summed E-state index contributed by atoms with van der Waals surface area (Å²) in [7, 11) is 0. The van der Waals surface area contributed by atoms with Gasteiger partial charge in [0.15, 0.2) is 0 Å². The molecule has 2 amide bonds. The van der Waals surface area contributed by atoms with Crippen molar-refractivity contribution in [3.8, 4) is 0 Å². The molecule has 0 heterocycles. The van der Waals surface area contributed by atoms with Crippen molar-refractivity contribution in [3.05, 3.63) is 101 Å². The molecule has 0 aliphatic carbocycles. The van der Waals surface area contributed by atoms with Crippen LogP contribution in [-0.2, 0) is 6.54 Å². The molecule has 3 aromatic carbocycles. The lowest BCUT2D eigenvalue weighted by Gasteiger charge is -2.21. The second-order valence-corrected chi connectivity index (χ2v) is 7.21. The van der Waals surface area contributed by atoms with Crippen molar-refractivity contribution in [2.24, 2.45) is 0 Å². The average molecular weight is 386 g/mol. The quantitative estimate of drug-likeness (QED) is 0.631. The van der Waals surface area contributed by atoms with Crippen molar-refractivity contribution in [2.75, 3.05) is 11.9 Å². The van der Waals surface area contributed by atoms with Crippen LogP contribution in [-0.4, -0.2) is 23.3 Å². The Morgan fingerprint density at radius 3 is 2.00 bits per heavy atom. The molecule has 0 radical (unpaired) electrons. The fraction of sp³-hybridized carbons (Fsp3) is 0.200. The molecule has 0 atom stereocenters. The first-order valence-electron chi connectivity index (χ1n) is 9.79. The van der Waals surface area contributed by atoms with Crippen LogP contribution < -0.4 is 5.32 Å². The van der Waals surface area contributed by atoms with Gasteiger partial charge in [-0.25, -0.2) is 0 Å². The highest BCUT2D eigenvalue weighted by molar-refractivity contribution is 6.05. The van der Waals surface area contributed by atoms with Crippen LogP contribution in [0, 0.1) is 13.8 Å². The average Bonchev–Trinajstić information content (AvgIpc) is 2.71. The molecule has 148 valence electrons. The maximum Gasteiger partial charge on any atom is 0.255 e. The summed E-state index contributed by atoms with van der Waals surface area (Å²) in [6, 6.07) is 22.7. The summed E-state index contributed by atoms with van der Waals surface area (Å²) < 4.78 is 0. The Kier molecular flexibility index (Phi) is 6.45. The Balaban J connectivity index is 1.69. The van der Waals surface area contributed by atoms with Gasteiger partial charge in [-0.05, 0) is 73.9 Å². The standard InChI is InChI=1S/C25H26N2O2/c1-4-27(17-20-8-6-5-7-9-20)25(29)22-12-10-21(11-13-22)24(28)26-23-15-18(2)14-19(3)16-23/h5-16H,4,17H2,1-3H3,(H,26,28). The molecule has 0 aliphatic rings. The topological polar surface area (TPSA) is 49.4 Å². The van der Waals surface area contributed by atoms with Gasteiger partial charge in [0.1, 0.15) is 0 Å². The monoisotopic (exact) mass is 386 g/mol. The normalized spacial score (nSPS) is 10.4. The Bertz CT molecular complexity index is 975. The number of hydrogen-bond donors (Lipinski definition) is 1. The second kappa shape index (κ2) is 9.20. The number of carbonyl (C=O) groups is 2. The van der Waals surface area contributed by atoms with E-state index in [2.05, 4.69) is 11.4 Å². The van der Waals surface area contributed by atoms with E-state index in [4.69, 9.17) is 0 Å². The number of aryl methyl sites for hydroxylation is 2. The van der Waals surface area contributed by atoms with Crippen molar-refractivity contribution in [1.29, 1.82) is 0 Å². The number of amides is 2. The molecule has 3 aromatic rings. The van der Waals surface area contributed by atoms with Gasteiger partial charge in [-0.15, -0.1) is 0 Å². The lowest BCUT2D eigenvalue weighted by molar-refractivity contribution is 0.0752. The molecular formula is C25H26N2O2. The lowest BCUT2D eigenvalue weighted by Crippen LogP contribution is -2.30. The number of anilines is 1. The third-order valence-corrected chi connectivity index (χ3v) is 4.76. The molecule has 4 nitrogen and oxygen atoms in total. The molecule has 1 N–H and O–H groups in total. The predicted octanol–water partition coefficient (Wildman–Crippen LogP) is 5.22. The minimum atomic E-state index is -0.189. The Morgan fingerprint density at radius 1 is 0.828 bits per heavy atom. The summed E-state index contributed by atoms with van der Waals surface area (Å²) >= 11 is 0. The van der Waals surface area contributed by atoms with Gasteiger partial charge in [-0.1, -0.05) is 36.4 Å². The molecule has 0 fully saturated rings. The largest absolute Gasteiger partial charge is 0.335 e. The maximum atomic E-state index is 12.9. The van der Waals surface area contributed by atoms with E-state index in [-0.39, 0.29) is 11.8 Å². The summed E-state index contributed by atoms with van der Waals surface area (Å²) in [4.78, 5) is 27.2. The third-order valence-electron chi connectivity index (χ3n) is 4.76. The summed E-state index contributed by atoms with van der Waals surface area (Å²) in [6.45, 7) is 7.14. The van der Waals surface area contributed by atoms with Crippen LogP contribution in [0.3, 0.4) is 0 Å². The van der Waals surface area contributed by atoms with E-state index in [1.807, 2.05) is 63.2 Å². The number of benzene rings is 3. The minimum Gasteiger partial charge on any atom is -0.335 e. The molecule has 0 unspecified atom stereocenters. The van der Waals surface area contributed by atoms with E-state index in [1.54, 1.807) is 29.2 Å². The number of nitrogens with one attached hydrogen (secondary N) is 1. The van der Waals surface area contributed by atoms with E-state index in [0.29, 0.717) is 24.2 Å². The van der Waals surface area contributed by atoms with Gasteiger partial charge in [0.2, 0.25) is 0 Å². The summed E-state index contributed by atoms with van der Waals surface area (Å²) in [5, 5.41) is 2.92. The highest BCUT2D eigenvalue weighted by Crippen LogP contribution is 2.16. The van der Waals surface area contributed by atoms with Crippen molar-refractivity contribution in [1.82, 2.24) is 4.90 Å². The van der Waals surface area contributed by atoms with Crippen molar-refractivity contribution in [3.63, 3.8) is 0 Å². The van der Waals surface area contributed by atoms with Crippen LogP contribution in [0.1, 0.15) is 44.3 Å². The molecule has 0 saturated heterocycles. The van der Waals surface area contributed by atoms with Crippen LogP contribution in [0.15, 0.2) is 72.8 Å². The fourth-order valence-electron chi connectivity index (χ4n) is 3.33. The maximum absolute atomic E-state index is 12.9. The number of nitrogens with zero attached hydrogens (tertiary/aromatic N) is 1. The van der Waals surface area contributed by atoms with E-state index in [1.165, 1.54) is 0 Å². The molecule has 0 saturated carbocycles. The summed E-state index contributed by atoms with van der Waals surface area (Å²) in [6.07, 6.45) is 0. The predicted molar refractivity (Wildman–Crippen MR) is 117 cm³/mol. The second-order valence-electron chi connectivity index (χ2n) is 7.21. The van der Waals surface area contributed by atoms with Crippen LogP contribution in [0.2, 0.25) is 0 Å². The molecular weight excluding hydrogens is 360 g/mol. The number of rotatable bonds is 6. The number of carbonyl (C=O) groups excluding carboxylic acids is 2. The molecule has 4 heteroatoms. The van der Waals surface area contributed by atoms with E-state index < -0.39 is 0 Å². The SMILES string of the molecule is CCN(Cc1ccccc1)C(=O)c1ccc(C(=O)Nc2cc(C)cc(C)c2)cc1. The first kappa shape index (κ1) is 20.3. The van der Waals surface area contributed by atoms with Crippen LogP contribution in [0.25, 0.3) is 0 Å². The molecule has 0 spiro atoms. The first-order chi connectivity index (χ1) is 14.0. The smallest absolute Gasteiger partial charge is 0.255 e. The van der Waals surface area contributed by atoms with Crippen molar-refractivity contribution >= 4 is 17.5 Å². The molecule has 29 heavy (non-hydrogen) atoms. The van der Waals surface area contributed by atoms with Gasteiger partial charge in [0.25, 0.3) is 11.8 Å². The van der Waals surface area contributed by atoms with Gasteiger partial charge >= 0.3 is 0 Å². The molecule has 0 aliphatic heterocycles. The first-order valence-corrected chi connectivity index (χ1v) is 9.79. The highest BCUT2D eigenvalue weighted by Gasteiger charge is 2.15. The third kappa shape index (κ3) is 5.32. The van der Waals surface area contributed by atoms with Gasteiger partial charge in [-0.3, -0.25) is 9.59 Å². The van der Waals surface area contributed by atoms with Crippen molar-refractivity contribution < 1.29 is 9.59 Å². The van der Waals surface area contributed by atoms with Gasteiger partial charge in [0, 0.05) is 29.9 Å². The Labute approximate surface area is 172 Å². The van der Waals surface area contributed by atoms with Gasteiger partial charge in [-0.2, -0.15) is 0 Å². The van der Waals surface area contributed by atoms with Crippen LogP contribution in [0.5, 0.6) is 0 Å². The fourth-order valence-corrected chi connectivity index (χ4v) is 3.33. The Morgan fingerprint density at radius 2 is 1.41 bits per heavy atom. The van der Waals surface area contributed by atoms with E-state index in [0.717, 1.165) is 22.4 Å². The molecule has 0 bridgehead atoms. The summed E-state index contributed by atoms with van der Waals surface area (Å²) in [5.41, 5.74) is 5.15. The van der Waals surface area contributed by atoms with Crippen LogP contribution in [0.4, 0.5) is 5.69 Å². The number of hydrogen-bond acceptors (Lipinski definition) is 2. The van der Waals surface area contributed by atoms with Gasteiger partial charge in [0.05, 0.1) is 0 Å². The summed E-state index contributed by atoms with van der Waals surface area (Å²) in [5.74, 6) is -0.233. The van der Waals surface area contributed by atoms with Crippen LogP contribution >= 0.6 is 0 Å². The lowest BCUT2D eigenvalue weighted by atomic mass is 10.1. The zero-order valence-electron chi connectivity index (χ0n) is 17.1. The molecule has 0 aromatic heterocycles. The van der Waals surface area contributed by atoms with Gasteiger partial charge < -0.3 is 10.2 Å². The Hall–Kier alpha value is -3.40. The van der Waals surface area contributed by atoms with E-state index >= 15 is 0 Å². The zero-order chi connectivity index (χ0) is 20.8. The zero-order valence-corrected chi connectivity index (χ0v) is 17.1. The molecule has 3 rings (SSSR count). The highest BCUT2D eigenvalue weighted by atomic mass is 16.2.